The lowest BCUT2D eigenvalue weighted by Crippen LogP contribution is -2.22. The van der Waals surface area contributed by atoms with Crippen molar-refractivity contribution in [2.75, 3.05) is 7.05 Å². The second kappa shape index (κ2) is 6.29. The number of nitrogens with zero attached hydrogens (tertiary/aromatic N) is 4. The van der Waals surface area contributed by atoms with Crippen molar-refractivity contribution in [1.82, 2.24) is 15.0 Å². The highest BCUT2D eigenvalue weighted by atomic mass is 16.5. The number of rotatable bonds is 4. The summed E-state index contributed by atoms with van der Waals surface area (Å²) in [6, 6.07) is 9.79. The Morgan fingerprint density at radius 2 is 2.09 bits per heavy atom. The summed E-state index contributed by atoms with van der Waals surface area (Å²) in [4.78, 5) is 6.63. The zero-order chi connectivity index (χ0) is 16.3. The zero-order valence-corrected chi connectivity index (χ0v) is 13.8. The Hall–Kier alpha value is -2.19. The van der Waals surface area contributed by atoms with E-state index in [0.717, 1.165) is 5.56 Å². The van der Waals surface area contributed by atoms with Crippen molar-refractivity contribution in [1.29, 1.82) is 5.26 Å². The van der Waals surface area contributed by atoms with Crippen LogP contribution < -0.4 is 0 Å². The predicted molar refractivity (Wildman–Crippen MR) is 84.0 cm³/mol. The third kappa shape index (κ3) is 3.71. The third-order valence-electron chi connectivity index (χ3n) is 3.62. The first kappa shape index (κ1) is 16.2. The van der Waals surface area contributed by atoms with E-state index in [1.54, 1.807) is 6.07 Å². The van der Waals surface area contributed by atoms with E-state index >= 15 is 0 Å². The van der Waals surface area contributed by atoms with Crippen LogP contribution in [-0.2, 0) is 12.0 Å². The Labute approximate surface area is 131 Å². The highest BCUT2D eigenvalue weighted by molar-refractivity contribution is 5.32. The van der Waals surface area contributed by atoms with Crippen molar-refractivity contribution in [2.45, 2.75) is 45.7 Å². The van der Waals surface area contributed by atoms with Gasteiger partial charge in [-0.15, -0.1) is 0 Å². The van der Waals surface area contributed by atoms with Crippen LogP contribution in [0.1, 0.15) is 56.6 Å². The van der Waals surface area contributed by atoms with Gasteiger partial charge in [-0.3, -0.25) is 4.90 Å². The zero-order valence-electron chi connectivity index (χ0n) is 13.8. The van der Waals surface area contributed by atoms with Crippen LogP contribution in [0.15, 0.2) is 28.8 Å². The highest BCUT2D eigenvalue weighted by Gasteiger charge is 2.24. The van der Waals surface area contributed by atoms with Crippen molar-refractivity contribution in [3.63, 3.8) is 0 Å². The number of aromatic nitrogens is 2. The van der Waals surface area contributed by atoms with Crippen LogP contribution in [0, 0.1) is 11.3 Å². The van der Waals surface area contributed by atoms with Gasteiger partial charge in [0.15, 0.2) is 5.82 Å². The Morgan fingerprint density at radius 1 is 1.36 bits per heavy atom. The van der Waals surface area contributed by atoms with E-state index in [0.29, 0.717) is 23.8 Å². The molecule has 0 bridgehead atoms. The van der Waals surface area contributed by atoms with Crippen LogP contribution >= 0.6 is 0 Å². The van der Waals surface area contributed by atoms with E-state index < -0.39 is 0 Å². The molecule has 1 heterocycles. The van der Waals surface area contributed by atoms with E-state index in [4.69, 9.17) is 9.78 Å². The van der Waals surface area contributed by atoms with E-state index in [-0.39, 0.29) is 11.5 Å². The van der Waals surface area contributed by atoms with Gasteiger partial charge in [0.2, 0.25) is 5.89 Å². The van der Waals surface area contributed by atoms with Gasteiger partial charge in [-0.1, -0.05) is 38.1 Å². The fraction of sp³-hybridized carbons (Fsp3) is 0.471. The first-order valence-electron chi connectivity index (χ1n) is 7.34. The number of hydrogen-bond donors (Lipinski definition) is 0. The molecular formula is C17H22N4O. The van der Waals surface area contributed by atoms with E-state index in [1.807, 2.05) is 32.2 Å². The Bertz CT molecular complexity index is 678. The molecule has 1 atom stereocenters. The molecule has 22 heavy (non-hydrogen) atoms. The Balaban J connectivity index is 2.10. The molecule has 1 aromatic carbocycles. The molecule has 0 radical (unpaired) electrons. The van der Waals surface area contributed by atoms with Crippen molar-refractivity contribution in [3.05, 3.63) is 47.1 Å². The summed E-state index contributed by atoms with van der Waals surface area (Å²) in [6.45, 7) is 8.92. The third-order valence-corrected chi connectivity index (χ3v) is 3.62. The van der Waals surface area contributed by atoms with Crippen LogP contribution in [0.4, 0.5) is 0 Å². The van der Waals surface area contributed by atoms with Crippen molar-refractivity contribution in [3.8, 4) is 6.07 Å². The Kier molecular flexibility index (Phi) is 4.62. The van der Waals surface area contributed by atoms with Gasteiger partial charge in [0.05, 0.1) is 17.7 Å². The van der Waals surface area contributed by atoms with Gasteiger partial charge in [-0.25, -0.2) is 0 Å². The molecule has 1 aromatic heterocycles. The van der Waals surface area contributed by atoms with E-state index in [9.17, 15) is 0 Å². The minimum atomic E-state index is -0.124. The second-order valence-corrected chi connectivity index (χ2v) is 6.61. The fourth-order valence-electron chi connectivity index (χ4n) is 2.06. The largest absolute Gasteiger partial charge is 0.338 e. The molecule has 0 saturated heterocycles. The van der Waals surface area contributed by atoms with Gasteiger partial charge in [0.1, 0.15) is 0 Å². The van der Waals surface area contributed by atoms with Crippen molar-refractivity contribution >= 4 is 0 Å². The summed E-state index contributed by atoms with van der Waals surface area (Å²) in [5.74, 6) is 1.33. The smallest absolute Gasteiger partial charge is 0.243 e. The molecule has 2 rings (SSSR count). The van der Waals surface area contributed by atoms with E-state index in [1.165, 1.54) is 0 Å². The lowest BCUT2D eigenvalue weighted by molar-refractivity contribution is 0.202. The molecule has 116 valence electrons. The SMILES string of the molecule is C[C@@H](c1nc(C(C)(C)C)no1)N(C)Cc1cccc(C#N)c1. The summed E-state index contributed by atoms with van der Waals surface area (Å²) in [5, 5.41) is 13.0. The molecule has 0 saturated carbocycles. The molecule has 0 amide bonds. The van der Waals surface area contributed by atoms with Crippen LogP contribution in [-0.4, -0.2) is 22.1 Å². The molecule has 2 aromatic rings. The molecule has 0 aliphatic heterocycles. The van der Waals surface area contributed by atoms with Crippen molar-refractivity contribution in [2.24, 2.45) is 0 Å². The minimum absolute atomic E-state index is 0.00865. The molecule has 5 nitrogen and oxygen atoms in total. The molecule has 0 fully saturated rings. The topological polar surface area (TPSA) is 66.0 Å². The summed E-state index contributed by atoms with van der Waals surface area (Å²) in [6.07, 6.45) is 0. The monoisotopic (exact) mass is 298 g/mol. The van der Waals surface area contributed by atoms with Gasteiger partial charge < -0.3 is 4.52 Å². The quantitative estimate of drug-likeness (QED) is 0.865. The van der Waals surface area contributed by atoms with Crippen molar-refractivity contribution < 1.29 is 4.52 Å². The molecule has 0 spiro atoms. The number of benzene rings is 1. The Morgan fingerprint density at radius 3 is 2.68 bits per heavy atom. The highest BCUT2D eigenvalue weighted by Crippen LogP contribution is 2.24. The molecule has 0 unspecified atom stereocenters. The molecule has 5 heteroatoms. The molecule has 0 aliphatic rings. The van der Waals surface area contributed by atoms with Gasteiger partial charge >= 0.3 is 0 Å². The summed E-state index contributed by atoms with van der Waals surface area (Å²) in [5.41, 5.74) is 1.64. The average molecular weight is 298 g/mol. The minimum Gasteiger partial charge on any atom is -0.338 e. The lowest BCUT2D eigenvalue weighted by Gasteiger charge is -2.21. The number of hydrogen-bond acceptors (Lipinski definition) is 5. The fourth-order valence-corrected chi connectivity index (χ4v) is 2.06. The van der Waals surface area contributed by atoms with Crippen LogP contribution in [0.2, 0.25) is 0 Å². The van der Waals surface area contributed by atoms with Crippen LogP contribution in [0.5, 0.6) is 0 Å². The van der Waals surface area contributed by atoms with Gasteiger partial charge in [0, 0.05) is 12.0 Å². The van der Waals surface area contributed by atoms with Gasteiger partial charge in [-0.2, -0.15) is 10.2 Å². The normalized spacial score (nSPS) is 13.1. The van der Waals surface area contributed by atoms with Crippen LogP contribution in [0.25, 0.3) is 0 Å². The molecule has 0 aliphatic carbocycles. The second-order valence-electron chi connectivity index (χ2n) is 6.61. The summed E-state index contributed by atoms with van der Waals surface area (Å²) < 4.78 is 5.40. The molecular weight excluding hydrogens is 276 g/mol. The molecule has 0 N–H and O–H groups in total. The van der Waals surface area contributed by atoms with Crippen LogP contribution in [0.3, 0.4) is 0 Å². The van der Waals surface area contributed by atoms with E-state index in [2.05, 4.69) is 41.9 Å². The first-order chi connectivity index (χ1) is 10.3. The summed E-state index contributed by atoms with van der Waals surface area (Å²) >= 11 is 0. The standard InChI is InChI=1S/C17H22N4O/c1-12(15-19-16(20-22-15)17(2,3)4)21(5)11-14-8-6-7-13(9-14)10-18/h6-9,12H,11H2,1-5H3/t12-/m0/s1. The van der Waals surface area contributed by atoms with Gasteiger partial charge in [0.25, 0.3) is 0 Å². The average Bonchev–Trinajstić information content (AvgIpc) is 2.96. The predicted octanol–water partition coefficient (Wildman–Crippen LogP) is 3.43. The van der Waals surface area contributed by atoms with Gasteiger partial charge in [-0.05, 0) is 31.7 Å². The maximum atomic E-state index is 8.97. The lowest BCUT2D eigenvalue weighted by atomic mass is 9.96. The maximum Gasteiger partial charge on any atom is 0.243 e. The summed E-state index contributed by atoms with van der Waals surface area (Å²) in [7, 11) is 2.00. The first-order valence-corrected chi connectivity index (χ1v) is 7.34. The number of nitriles is 1. The maximum absolute atomic E-state index is 8.97.